The van der Waals surface area contributed by atoms with E-state index in [0.717, 1.165) is 24.1 Å². The van der Waals surface area contributed by atoms with Crippen LogP contribution in [-0.2, 0) is 0 Å². The monoisotopic (exact) mass is 419 g/mol. The maximum Gasteiger partial charge on any atom is 0.326 e. The fourth-order valence-electron chi connectivity index (χ4n) is 3.36. The molecule has 1 atom stereocenters. The normalized spacial score (nSPS) is 16.2. The third kappa shape index (κ3) is 3.77. The Kier molecular flexibility index (Phi) is 4.50. The lowest BCUT2D eigenvalue weighted by Crippen LogP contribution is -2.25. The van der Waals surface area contributed by atoms with Gasteiger partial charge in [0, 0.05) is 11.4 Å². The van der Waals surface area contributed by atoms with E-state index in [0.29, 0.717) is 22.4 Å². The highest BCUT2D eigenvalue weighted by Gasteiger charge is 2.21. The van der Waals surface area contributed by atoms with Crippen molar-refractivity contribution in [2.75, 3.05) is 5.32 Å². The molecule has 0 bridgehead atoms. The van der Waals surface area contributed by atoms with Crippen LogP contribution in [0.1, 0.15) is 42.8 Å². The van der Waals surface area contributed by atoms with Gasteiger partial charge in [0.05, 0.1) is 24.0 Å². The van der Waals surface area contributed by atoms with Crippen molar-refractivity contribution in [1.29, 1.82) is 0 Å². The van der Waals surface area contributed by atoms with Gasteiger partial charge in [0.2, 0.25) is 11.8 Å². The van der Waals surface area contributed by atoms with Crippen molar-refractivity contribution in [2.24, 2.45) is 4.99 Å². The predicted octanol–water partition coefficient (Wildman–Crippen LogP) is 0.334. The highest BCUT2D eigenvalue weighted by Crippen LogP contribution is 2.22. The summed E-state index contributed by atoms with van der Waals surface area (Å²) in [4.78, 5) is 34.6. The van der Waals surface area contributed by atoms with Crippen molar-refractivity contribution in [1.82, 2.24) is 34.5 Å². The summed E-state index contributed by atoms with van der Waals surface area (Å²) in [5.74, 6) is 0.144. The number of rotatable bonds is 5. The van der Waals surface area contributed by atoms with E-state index in [1.165, 1.54) is 0 Å². The zero-order valence-corrected chi connectivity index (χ0v) is 17.0. The Hall–Kier alpha value is -4.02. The van der Waals surface area contributed by atoms with E-state index in [2.05, 4.69) is 40.3 Å². The number of aryl methyl sites for hydroxylation is 1. The minimum absolute atomic E-state index is 0.127. The van der Waals surface area contributed by atoms with Crippen molar-refractivity contribution in [2.45, 2.75) is 38.8 Å². The lowest BCUT2D eigenvalue weighted by atomic mass is 10.1. The summed E-state index contributed by atoms with van der Waals surface area (Å²) >= 11 is 0. The van der Waals surface area contributed by atoms with Crippen LogP contribution in [0, 0.1) is 6.92 Å². The van der Waals surface area contributed by atoms with Gasteiger partial charge in [-0.1, -0.05) is 6.07 Å². The van der Waals surface area contributed by atoms with Crippen LogP contribution in [0.3, 0.4) is 0 Å². The highest BCUT2D eigenvalue weighted by molar-refractivity contribution is 5.57. The largest absolute Gasteiger partial charge is 0.493 e. The predicted molar refractivity (Wildman–Crippen MR) is 112 cm³/mol. The number of aromatic nitrogens is 7. The number of hydrogen-bond acceptors (Lipinski definition) is 8. The van der Waals surface area contributed by atoms with Crippen molar-refractivity contribution in [3.63, 3.8) is 0 Å². The molecule has 0 spiro atoms. The number of nitrogens with zero attached hydrogens (tertiary/aromatic N) is 6. The molecule has 0 amide bonds. The second-order valence-electron chi connectivity index (χ2n) is 7.60. The number of imidazole rings is 1. The van der Waals surface area contributed by atoms with Gasteiger partial charge in [-0.05, 0) is 44.4 Å². The zero-order chi connectivity index (χ0) is 21.5. The fourth-order valence-corrected chi connectivity index (χ4v) is 3.36. The average Bonchev–Trinajstić information content (AvgIpc) is 3.37. The number of fused-ring (bicyclic) bond motifs is 1. The van der Waals surface area contributed by atoms with E-state index in [-0.39, 0.29) is 23.7 Å². The van der Waals surface area contributed by atoms with Gasteiger partial charge in [0.1, 0.15) is 5.69 Å². The van der Waals surface area contributed by atoms with Gasteiger partial charge < -0.3 is 15.4 Å². The fraction of sp³-hybridized carbons (Fsp3) is 0.300. The summed E-state index contributed by atoms with van der Waals surface area (Å²) in [5, 5.41) is 18.2. The van der Waals surface area contributed by atoms with Crippen molar-refractivity contribution < 1.29 is 5.11 Å². The highest BCUT2D eigenvalue weighted by atomic mass is 16.3. The molecule has 1 saturated carbocycles. The molecule has 4 aromatic heterocycles. The molecule has 5 rings (SSSR count). The first kappa shape index (κ1) is 19.0. The van der Waals surface area contributed by atoms with Crippen LogP contribution in [0.2, 0.25) is 0 Å². The smallest absolute Gasteiger partial charge is 0.326 e. The molecule has 1 aliphatic carbocycles. The molecule has 1 unspecified atom stereocenters. The molecular weight excluding hydrogens is 398 g/mol. The minimum atomic E-state index is -0.499. The lowest BCUT2D eigenvalue weighted by Gasteiger charge is -2.15. The number of hydrogen-bond donors (Lipinski definition) is 4. The Labute approximate surface area is 175 Å². The second kappa shape index (κ2) is 7.35. The summed E-state index contributed by atoms with van der Waals surface area (Å²) in [6.45, 7) is 4.00. The molecule has 158 valence electrons. The Morgan fingerprint density at radius 1 is 1.35 bits per heavy atom. The van der Waals surface area contributed by atoms with Crippen LogP contribution in [0.5, 0.6) is 5.88 Å². The van der Waals surface area contributed by atoms with E-state index in [1.807, 2.05) is 26.0 Å². The first-order valence-corrected chi connectivity index (χ1v) is 9.98. The molecule has 0 aliphatic heterocycles. The standard InChI is InChI=1S/C20H21N9O2/c1-10-4-3-7-21-15(10)11(2)23-18-26-16-12(8-14-17(30)27-20(31)25-14)9-22-29(16)19(28-18)24-13-5-6-13/h3-4,7-9,11,13,30H,5-6H2,1-2H3,(H,23,24,28)(H2,25,27,31). The van der Waals surface area contributed by atoms with Crippen LogP contribution < -0.4 is 21.8 Å². The summed E-state index contributed by atoms with van der Waals surface area (Å²) in [6, 6.07) is 4.02. The molecule has 0 radical (unpaired) electrons. The summed E-state index contributed by atoms with van der Waals surface area (Å²) in [6.07, 6.45) is 7.00. The number of aromatic amines is 2. The van der Waals surface area contributed by atoms with Crippen molar-refractivity contribution >= 4 is 17.7 Å². The van der Waals surface area contributed by atoms with Crippen molar-refractivity contribution in [3.8, 4) is 5.88 Å². The molecule has 11 nitrogen and oxygen atoms in total. The Morgan fingerprint density at radius 2 is 2.19 bits per heavy atom. The van der Waals surface area contributed by atoms with E-state index in [4.69, 9.17) is 0 Å². The van der Waals surface area contributed by atoms with Crippen molar-refractivity contribution in [3.05, 3.63) is 62.8 Å². The molecule has 0 aromatic carbocycles. The van der Waals surface area contributed by atoms with Crippen LogP contribution in [0.15, 0.2) is 34.3 Å². The second-order valence-corrected chi connectivity index (χ2v) is 7.60. The summed E-state index contributed by atoms with van der Waals surface area (Å²) in [7, 11) is 0. The molecule has 1 aliphatic rings. The maximum absolute atomic E-state index is 11.5. The molecule has 31 heavy (non-hydrogen) atoms. The number of pyridine rings is 1. The average molecular weight is 419 g/mol. The molecule has 4 N–H and O–H groups in total. The summed E-state index contributed by atoms with van der Waals surface area (Å²) in [5.41, 5.74) is 2.67. The SMILES string of the molecule is Cc1cccnc1C(C)Nc1nc(=NC2CC2)n2ncc(=Cc3[nH]c(=O)[nH]c3O)c2n1. The van der Waals surface area contributed by atoms with Gasteiger partial charge in [-0.15, -0.1) is 0 Å². The van der Waals surface area contributed by atoms with E-state index < -0.39 is 5.69 Å². The van der Waals surface area contributed by atoms with Gasteiger partial charge >= 0.3 is 5.69 Å². The number of aromatic hydroxyl groups is 1. The molecule has 1 fully saturated rings. The number of anilines is 1. The first-order chi connectivity index (χ1) is 15.0. The Morgan fingerprint density at radius 3 is 2.90 bits per heavy atom. The van der Waals surface area contributed by atoms with Crippen LogP contribution >= 0.6 is 0 Å². The van der Waals surface area contributed by atoms with E-state index >= 15 is 0 Å². The molecule has 0 saturated heterocycles. The van der Waals surface area contributed by atoms with Crippen LogP contribution in [0.4, 0.5) is 5.95 Å². The van der Waals surface area contributed by atoms with Gasteiger partial charge in [-0.2, -0.15) is 19.6 Å². The lowest BCUT2D eigenvalue weighted by molar-refractivity contribution is 0.454. The molecule has 11 heteroatoms. The van der Waals surface area contributed by atoms with Gasteiger partial charge in [0.25, 0.3) is 5.62 Å². The number of H-pyrrole nitrogens is 2. The van der Waals surface area contributed by atoms with E-state index in [9.17, 15) is 9.90 Å². The molecule has 4 heterocycles. The van der Waals surface area contributed by atoms with Gasteiger partial charge in [0.15, 0.2) is 5.65 Å². The molecule has 4 aromatic rings. The quantitative estimate of drug-likeness (QED) is 0.364. The van der Waals surface area contributed by atoms with E-state index in [1.54, 1.807) is 23.0 Å². The third-order valence-corrected chi connectivity index (χ3v) is 5.06. The van der Waals surface area contributed by atoms with Crippen LogP contribution in [-0.4, -0.2) is 45.7 Å². The Bertz CT molecular complexity index is 1450. The zero-order valence-electron chi connectivity index (χ0n) is 17.0. The number of nitrogens with one attached hydrogen (secondary N) is 3. The summed E-state index contributed by atoms with van der Waals surface area (Å²) < 4.78 is 1.56. The van der Waals surface area contributed by atoms with Gasteiger partial charge in [-0.3, -0.25) is 9.97 Å². The first-order valence-electron chi connectivity index (χ1n) is 9.98. The maximum atomic E-state index is 11.5. The van der Waals surface area contributed by atoms with Crippen LogP contribution in [0.25, 0.3) is 11.7 Å². The molecular formula is C20H21N9O2. The Balaban J connectivity index is 1.63. The van der Waals surface area contributed by atoms with Gasteiger partial charge in [-0.25, -0.2) is 9.79 Å². The topological polar surface area (TPSA) is 149 Å². The minimum Gasteiger partial charge on any atom is -0.493 e. The third-order valence-electron chi connectivity index (χ3n) is 5.06.